The highest BCUT2D eigenvalue weighted by atomic mass is 16.6. The van der Waals surface area contributed by atoms with E-state index in [1.165, 1.54) is 11.1 Å². The Hall–Kier alpha value is -2.04. The molecule has 1 spiro atoms. The molecule has 1 aromatic rings. The monoisotopic (exact) mass is 328 g/mol. The van der Waals surface area contributed by atoms with E-state index in [9.17, 15) is 9.59 Å². The number of piperidine rings is 1. The number of ether oxygens (including phenoxy) is 1. The minimum atomic E-state index is -0.347. The molecule has 0 radical (unpaired) electrons. The molecule has 1 N–H and O–H groups in total. The van der Waals surface area contributed by atoms with Gasteiger partial charge in [-0.2, -0.15) is 0 Å². The third-order valence-electron chi connectivity index (χ3n) is 5.91. The van der Waals surface area contributed by atoms with E-state index in [4.69, 9.17) is 4.74 Å². The van der Waals surface area contributed by atoms with Crippen molar-refractivity contribution in [3.05, 3.63) is 35.4 Å². The lowest BCUT2D eigenvalue weighted by Gasteiger charge is -2.45. The molecule has 0 atom stereocenters. The maximum Gasteiger partial charge on any atom is 0.407 e. The minimum absolute atomic E-state index is 0.0435. The lowest BCUT2D eigenvalue weighted by Crippen LogP contribution is -2.58. The van der Waals surface area contributed by atoms with Crippen molar-refractivity contribution in [3.63, 3.8) is 0 Å². The number of carbonyl (C=O) groups is 2. The maximum absolute atomic E-state index is 12.7. The van der Waals surface area contributed by atoms with Crippen LogP contribution in [0.15, 0.2) is 24.3 Å². The van der Waals surface area contributed by atoms with Gasteiger partial charge in [0, 0.05) is 19.0 Å². The Morgan fingerprint density at radius 2 is 1.96 bits per heavy atom. The van der Waals surface area contributed by atoms with Crippen molar-refractivity contribution in [1.29, 1.82) is 0 Å². The van der Waals surface area contributed by atoms with Gasteiger partial charge in [-0.25, -0.2) is 4.79 Å². The zero-order chi connectivity index (χ0) is 16.7. The molecule has 3 fully saturated rings. The van der Waals surface area contributed by atoms with Crippen LogP contribution < -0.4 is 5.32 Å². The molecule has 2 amide bonds. The average Bonchev–Trinajstić information content (AvgIpc) is 2.96. The van der Waals surface area contributed by atoms with E-state index in [1.54, 1.807) is 0 Å². The van der Waals surface area contributed by atoms with Crippen LogP contribution in [0.25, 0.3) is 0 Å². The molecule has 5 nitrogen and oxygen atoms in total. The van der Waals surface area contributed by atoms with E-state index in [1.807, 2.05) is 4.90 Å². The summed E-state index contributed by atoms with van der Waals surface area (Å²) in [7, 11) is 0. The van der Waals surface area contributed by atoms with Crippen LogP contribution in [0.1, 0.15) is 42.7 Å². The van der Waals surface area contributed by atoms with E-state index in [0.29, 0.717) is 12.5 Å². The van der Waals surface area contributed by atoms with E-state index < -0.39 is 0 Å². The van der Waals surface area contributed by atoms with Crippen molar-refractivity contribution in [2.24, 2.45) is 5.92 Å². The first-order chi connectivity index (χ1) is 11.6. The van der Waals surface area contributed by atoms with Gasteiger partial charge in [-0.15, -0.1) is 0 Å². The Morgan fingerprint density at radius 3 is 2.58 bits per heavy atom. The van der Waals surface area contributed by atoms with Gasteiger partial charge >= 0.3 is 6.09 Å². The van der Waals surface area contributed by atoms with Crippen LogP contribution in [0.5, 0.6) is 0 Å². The number of aryl methyl sites for hydroxylation is 1. The summed E-state index contributed by atoms with van der Waals surface area (Å²) in [4.78, 5) is 25.9. The summed E-state index contributed by atoms with van der Waals surface area (Å²) in [5.74, 6) is 0.859. The summed E-state index contributed by atoms with van der Waals surface area (Å²) < 4.78 is 4.98. The number of rotatable bonds is 2. The van der Waals surface area contributed by atoms with Crippen LogP contribution in [0.2, 0.25) is 0 Å². The number of amides is 2. The maximum atomic E-state index is 12.7. The molecule has 2 aliphatic heterocycles. The number of hydrogen-bond acceptors (Lipinski definition) is 3. The summed E-state index contributed by atoms with van der Waals surface area (Å²) in [5.41, 5.74) is 2.51. The number of nitrogens with zero attached hydrogens (tertiary/aromatic N) is 1. The number of alkyl carbamates (subject to hydrolysis) is 1. The number of carbonyl (C=O) groups excluding carboxylic acids is 2. The van der Waals surface area contributed by atoms with Gasteiger partial charge in [0.05, 0.1) is 5.54 Å². The van der Waals surface area contributed by atoms with Crippen LogP contribution >= 0.6 is 0 Å². The SMILES string of the molecule is Cc1ccccc1C1CCN(C(=O)C2CC3(COC(=O)N3)C2)CC1. The summed E-state index contributed by atoms with van der Waals surface area (Å²) in [6.07, 6.45) is 3.16. The van der Waals surface area contributed by atoms with Crippen molar-refractivity contribution < 1.29 is 14.3 Å². The van der Waals surface area contributed by atoms with E-state index in [2.05, 4.69) is 36.5 Å². The largest absolute Gasteiger partial charge is 0.447 e. The standard InChI is InChI=1S/C19H24N2O3/c1-13-4-2-3-5-16(13)14-6-8-21(9-7-14)17(22)15-10-19(11-15)12-24-18(23)20-19/h2-5,14-15H,6-12H2,1H3,(H,20,23). The summed E-state index contributed by atoms with van der Waals surface area (Å²) in [6, 6.07) is 8.57. The second-order valence-corrected chi connectivity index (χ2v) is 7.54. The molecular formula is C19H24N2O3. The van der Waals surface area contributed by atoms with Crippen molar-refractivity contribution >= 4 is 12.0 Å². The number of cyclic esters (lactones) is 1. The van der Waals surface area contributed by atoms with E-state index >= 15 is 0 Å². The molecule has 128 valence electrons. The van der Waals surface area contributed by atoms with Gasteiger partial charge in [0.2, 0.25) is 5.91 Å². The normalized spacial score (nSPS) is 30.0. The fraction of sp³-hybridized carbons (Fsp3) is 0.579. The number of hydrogen-bond donors (Lipinski definition) is 1. The Kier molecular flexibility index (Phi) is 3.74. The number of benzene rings is 1. The molecular weight excluding hydrogens is 304 g/mol. The van der Waals surface area contributed by atoms with E-state index in [-0.39, 0.29) is 23.5 Å². The lowest BCUT2D eigenvalue weighted by molar-refractivity contribution is -0.142. The van der Waals surface area contributed by atoms with Crippen LogP contribution in [0.3, 0.4) is 0 Å². The third kappa shape index (κ3) is 2.66. The predicted molar refractivity (Wildman–Crippen MR) is 89.7 cm³/mol. The smallest absolute Gasteiger partial charge is 0.407 e. The molecule has 0 unspecified atom stereocenters. The second kappa shape index (κ2) is 5.80. The molecule has 2 saturated heterocycles. The van der Waals surface area contributed by atoms with E-state index in [0.717, 1.165) is 38.8 Å². The van der Waals surface area contributed by atoms with Gasteiger partial charge in [-0.3, -0.25) is 4.79 Å². The van der Waals surface area contributed by atoms with Gasteiger partial charge in [0.25, 0.3) is 0 Å². The Morgan fingerprint density at radius 1 is 1.25 bits per heavy atom. The van der Waals surface area contributed by atoms with Gasteiger partial charge < -0.3 is 15.0 Å². The summed E-state index contributed by atoms with van der Waals surface area (Å²) >= 11 is 0. The highest BCUT2D eigenvalue weighted by Crippen LogP contribution is 2.42. The van der Waals surface area contributed by atoms with Gasteiger partial charge in [-0.1, -0.05) is 24.3 Å². The molecule has 1 saturated carbocycles. The first-order valence-corrected chi connectivity index (χ1v) is 8.86. The molecule has 3 aliphatic rings. The van der Waals surface area contributed by atoms with Crippen LogP contribution in [-0.4, -0.2) is 42.1 Å². The van der Waals surface area contributed by atoms with Crippen molar-refractivity contribution in [1.82, 2.24) is 10.2 Å². The zero-order valence-corrected chi connectivity index (χ0v) is 14.1. The van der Waals surface area contributed by atoms with Crippen molar-refractivity contribution in [3.8, 4) is 0 Å². The summed E-state index contributed by atoms with van der Waals surface area (Å²) in [6.45, 7) is 4.25. The zero-order valence-electron chi connectivity index (χ0n) is 14.1. The molecule has 24 heavy (non-hydrogen) atoms. The predicted octanol–water partition coefficient (Wildman–Crippen LogP) is 2.59. The third-order valence-corrected chi connectivity index (χ3v) is 5.91. The Labute approximate surface area is 142 Å². The van der Waals surface area contributed by atoms with Crippen LogP contribution in [0.4, 0.5) is 4.79 Å². The Bertz CT molecular complexity index is 658. The first kappa shape index (κ1) is 15.5. The number of likely N-dealkylation sites (tertiary alicyclic amines) is 1. The molecule has 0 bridgehead atoms. The quantitative estimate of drug-likeness (QED) is 0.908. The van der Waals surface area contributed by atoms with Gasteiger partial charge in [-0.05, 0) is 49.7 Å². The van der Waals surface area contributed by atoms with Crippen molar-refractivity contribution in [2.45, 2.75) is 44.1 Å². The fourth-order valence-electron chi connectivity index (χ4n) is 4.48. The van der Waals surface area contributed by atoms with Gasteiger partial charge in [0.1, 0.15) is 6.61 Å². The molecule has 5 heteroatoms. The fourth-order valence-corrected chi connectivity index (χ4v) is 4.48. The minimum Gasteiger partial charge on any atom is -0.447 e. The van der Waals surface area contributed by atoms with Gasteiger partial charge in [0.15, 0.2) is 0 Å². The first-order valence-electron chi connectivity index (χ1n) is 8.86. The Balaban J connectivity index is 1.31. The molecule has 1 aromatic carbocycles. The molecule has 4 rings (SSSR count). The van der Waals surface area contributed by atoms with Crippen molar-refractivity contribution in [2.75, 3.05) is 19.7 Å². The van der Waals surface area contributed by atoms with Crippen LogP contribution in [0, 0.1) is 12.8 Å². The number of nitrogens with one attached hydrogen (secondary N) is 1. The lowest BCUT2D eigenvalue weighted by atomic mass is 9.68. The molecule has 0 aromatic heterocycles. The topological polar surface area (TPSA) is 58.6 Å². The highest BCUT2D eigenvalue weighted by Gasteiger charge is 2.53. The average molecular weight is 328 g/mol. The molecule has 1 aliphatic carbocycles. The molecule has 2 heterocycles. The highest BCUT2D eigenvalue weighted by molar-refractivity contribution is 5.81. The van der Waals surface area contributed by atoms with Crippen LogP contribution in [-0.2, 0) is 9.53 Å². The second-order valence-electron chi connectivity index (χ2n) is 7.54. The summed E-state index contributed by atoms with van der Waals surface area (Å²) in [5, 5.41) is 2.86.